The molecule has 2 heteroatoms. The van der Waals surface area contributed by atoms with Crippen molar-refractivity contribution < 1.29 is 0 Å². The Morgan fingerprint density at radius 1 is 1.07 bits per heavy atom. The first-order chi connectivity index (χ1) is 6.43. The van der Waals surface area contributed by atoms with Gasteiger partial charge in [-0.3, -0.25) is 0 Å². The van der Waals surface area contributed by atoms with Crippen molar-refractivity contribution in [3.63, 3.8) is 0 Å². The molecule has 14 heavy (non-hydrogen) atoms. The summed E-state index contributed by atoms with van der Waals surface area (Å²) in [5, 5.41) is 0. The molecule has 0 saturated carbocycles. The number of nitrogens with two attached hydrogens (primary N) is 1. The molecule has 1 aromatic rings. The fourth-order valence-corrected chi connectivity index (χ4v) is 3.41. The summed E-state index contributed by atoms with van der Waals surface area (Å²) < 4.78 is 0. The van der Waals surface area contributed by atoms with E-state index in [0.717, 1.165) is 0 Å². The minimum Gasteiger partial charge on any atom is -0.330 e. The molecule has 1 aromatic carbocycles. The zero-order chi connectivity index (χ0) is 10.8. The topological polar surface area (TPSA) is 26.0 Å². The Bertz CT molecular complexity index is 276. The molecule has 1 nitrogen and oxygen atoms in total. The van der Waals surface area contributed by atoms with E-state index in [1.165, 1.54) is 5.56 Å². The first-order valence-corrected chi connectivity index (χ1v) is 8.81. The highest BCUT2D eigenvalue weighted by Crippen LogP contribution is 2.23. The normalized spacial score (nSPS) is 16.4. The standard InChI is InChI=1S/C12H21NSi/c1-10(12(13)14(2,3)4)11-8-6-5-7-9-11/h5-10,12H,13H2,1-4H3/t10?,12-/m1/s1. The second-order valence-electron chi connectivity index (χ2n) is 5.09. The van der Waals surface area contributed by atoms with E-state index in [0.29, 0.717) is 11.6 Å². The Hall–Kier alpha value is -0.603. The Balaban J connectivity index is 2.81. The van der Waals surface area contributed by atoms with Crippen LogP contribution in [0.2, 0.25) is 19.6 Å². The van der Waals surface area contributed by atoms with Gasteiger partial charge in [0, 0.05) is 5.67 Å². The van der Waals surface area contributed by atoms with Crippen molar-refractivity contribution in [1.29, 1.82) is 0 Å². The molecule has 0 aliphatic carbocycles. The molecule has 0 aliphatic heterocycles. The molecule has 0 heterocycles. The van der Waals surface area contributed by atoms with Gasteiger partial charge in [-0.15, -0.1) is 0 Å². The van der Waals surface area contributed by atoms with Crippen LogP contribution in [0.15, 0.2) is 30.3 Å². The average molecular weight is 207 g/mol. The highest BCUT2D eigenvalue weighted by Gasteiger charge is 2.28. The van der Waals surface area contributed by atoms with Crippen molar-refractivity contribution in [3.8, 4) is 0 Å². The van der Waals surface area contributed by atoms with Gasteiger partial charge in [-0.25, -0.2) is 0 Å². The van der Waals surface area contributed by atoms with Crippen LogP contribution in [0.1, 0.15) is 18.4 Å². The molecule has 1 rings (SSSR count). The largest absolute Gasteiger partial charge is 0.330 e. The van der Waals surface area contributed by atoms with E-state index in [9.17, 15) is 0 Å². The van der Waals surface area contributed by atoms with Gasteiger partial charge in [-0.1, -0.05) is 56.9 Å². The fraction of sp³-hybridized carbons (Fsp3) is 0.500. The summed E-state index contributed by atoms with van der Waals surface area (Å²) in [5.41, 5.74) is 7.99. The molecule has 0 aromatic heterocycles. The number of benzene rings is 1. The summed E-state index contributed by atoms with van der Waals surface area (Å²) >= 11 is 0. The van der Waals surface area contributed by atoms with Gasteiger partial charge in [0.1, 0.15) is 0 Å². The fourth-order valence-electron chi connectivity index (χ4n) is 1.71. The van der Waals surface area contributed by atoms with Crippen LogP contribution in [0.5, 0.6) is 0 Å². The lowest BCUT2D eigenvalue weighted by Crippen LogP contribution is -2.48. The van der Waals surface area contributed by atoms with Gasteiger partial charge in [0.15, 0.2) is 0 Å². The monoisotopic (exact) mass is 207 g/mol. The maximum absolute atomic E-state index is 6.29. The van der Waals surface area contributed by atoms with E-state index in [1.807, 2.05) is 0 Å². The highest BCUT2D eigenvalue weighted by atomic mass is 28.3. The second kappa shape index (κ2) is 4.28. The van der Waals surface area contributed by atoms with Crippen LogP contribution in [0.3, 0.4) is 0 Å². The first kappa shape index (κ1) is 11.5. The molecule has 1 unspecified atom stereocenters. The van der Waals surface area contributed by atoms with Gasteiger partial charge < -0.3 is 5.73 Å². The quantitative estimate of drug-likeness (QED) is 0.758. The van der Waals surface area contributed by atoms with Crippen molar-refractivity contribution in [2.24, 2.45) is 5.73 Å². The van der Waals surface area contributed by atoms with Gasteiger partial charge in [0.25, 0.3) is 0 Å². The molecule has 0 amide bonds. The van der Waals surface area contributed by atoms with Crippen LogP contribution in [-0.2, 0) is 0 Å². The molecule has 0 bridgehead atoms. The van der Waals surface area contributed by atoms with E-state index >= 15 is 0 Å². The van der Waals surface area contributed by atoms with Gasteiger partial charge in [-0.2, -0.15) is 0 Å². The van der Waals surface area contributed by atoms with Gasteiger partial charge in [0.2, 0.25) is 0 Å². The van der Waals surface area contributed by atoms with Crippen molar-refractivity contribution >= 4 is 8.07 Å². The summed E-state index contributed by atoms with van der Waals surface area (Å²) in [6, 6.07) is 10.6. The maximum Gasteiger partial charge on any atom is 0.0639 e. The summed E-state index contributed by atoms with van der Waals surface area (Å²) in [6.45, 7) is 9.23. The maximum atomic E-state index is 6.29. The molecule has 78 valence electrons. The second-order valence-corrected chi connectivity index (χ2v) is 10.5. The smallest absolute Gasteiger partial charge is 0.0639 e. The van der Waals surface area contributed by atoms with Crippen molar-refractivity contribution in [3.05, 3.63) is 35.9 Å². The third-order valence-electron chi connectivity index (χ3n) is 2.86. The molecule has 0 aliphatic rings. The van der Waals surface area contributed by atoms with Gasteiger partial charge in [-0.05, 0) is 11.5 Å². The number of hydrogen-bond acceptors (Lipinski definition) is 1. The Labute approximate surface area is 88.3 Å². The van der Waals surface area contributed by atoms with E-state index in [-0.39, 0.29) is 0 Å². The van der Waals surface area contributed by atoms with Crippen molar-refractivity contribution in [2.45, 2.75) is 38.1 Å². The van der Waals surface area contributed by atoms with Gasteiger partial charge in [0.05, 0.1) is 8.07 Å². The predicted molar refractivity (Wildman–Crippen MR) is 66.2 cm³/mol. The molecule has 0 spiro atoms. The molecule has 2 N–H and O–H groups in total. The van der Waals surface area contributed by atoms with Gasteiger partial charge >= 0.3 is 0 Å². The summed E-state index contributed by atoms with van der Waals surface area (Å²) in [6.07, 6.45) is 0. The van der Waals surface area contributed by atoms with E-state index in [4.69, 9.17) is 5.73 Å². The van der Waals surface area contributed by atoms with Crippen molar-refractivity contribution in [1.82, 2.24) is 0 Å². The Morgan fingerprint density at radius 3 is 2.00 bits per heavy atom. The Kier molecular flexibility index (Phi) is 3.51. The van der Waals surface area contributed by atoms with Crippen LogP contribution < -0.4 is 5.73 Å². The molecule has 0 radical (unpaired) electrons. The Morgan fingerprint density at radius 2 is 1.57 bits per heavy atom. The van der Waals surface area contributed by atoms with Crippen LogP contribution in [0.4, 0.5) is 0 Å². The van der Waals surface area contributed by atoms with Crippen LogP contribution in [0.25, 0.3) is 0 Å². The minimum absolute atomic E-state index is 0.338. The summed E-state index contributed by atoms with van der Waals surface area (Å²) in [4.78, 5) is 0. The zero-order valence-corrected chi connectivity index (χ0v) is 10.6. The number of rotatable bonds is 3. The van der Waals surface area contributed by atoms with Crippen LogP contribution >= 0.6 is 0 Å². The SMILES string of the molecule is CC(c1ccccc1)[C@H](N)[Si](C)(C)C. The highest BCUT2D eigenvalue weighted by molar-refractivity contribution is 6.77. The third-order valence-corrected chi connectivity index (χ3v) is 5.36. The van der Waals surface area contributed by atoms with Crippen LogP contribution in [-0.4, -0.2) is 13.7 Å². The predicted octanol–water partition coefficient (Wildman–Crippen LogP) is 2.99. The lowest BCUT2D eigenvalue weighted by Gasteiger charge is -2.30. The van der Waals surface area contributed by atoms with Crippen molar-refractivity contribution in [2.75, 3.05) is 0 Å². The van der Waals surface area contributed by atoms with E-state index in [2.05, 4.69) is 56.9 Å². The van der Waals surface area contributed by atoms with E-state index < -0.39 is 8.07 Å². The molecular weight excluding hydrogens is 186 g/mol. The molecular formula is C12H21NSi. The van der Waals surface area contributed by atoms with Crippen LogP contribution in [0, 0.1) is 0 Å². The average Bonchev–Trinajstić information content (AvgIpc) is 2.15. The van der Waals surface area contributed by atoms with E-state index in [1.54, 1.807) is 0 Å². The summed E-state index contributed by atoms with van der Waals surface area (Å²) in [5.74, 6) is 0.475. The third kappa shape index (κ3) is 2.69. The molecule has 0 fully saturated rings. The first-order valence-electron chi connectivity index (χ1n) is 5.23. The molecule has 2 atom stereocenters. The lowest BCUT2D eigenvalue weighted by molar-refractivity contribution is 0.694. The molecule has 0 saturated heterocycles. The summed E-state index contributed by atoms with van der Waals surface area (Å²) in [7, 11) is -1.23. The lowest BCUT2D eigenvalue weighted by atomic mass is 10.0. The number of hydrogen-bond donors (Lipinski definition) is 1. The minimum atomic E-state index is -1.23. The zero-order valence-electron chi connectivity index (χ0n) is 9.62.